The van der Waals surface area contributed by atoms with Crippen molar-refractivity contribution >= 4 is 34.4 Å². The number of nitrogens with one attached hydrogen (secondary N) is 1. The summed E-state index contributed by atoms with van der Waals surface area (Å²) >= 11 is 1.11. The minimum Gasteiger partial charge on any atom is -0.383 e. The Labute approximate surface area is 165 Å². The number of anilines is 1. The highest BCUT2D eigenvalue weighted by molar-refractivity contribution is 7.99. The molecule has 0 saturated carbocycles. The van der Waals surface area contributed by atoms with Crippen molar-refractivity contribution in [2.24, 2.45) is 0 Å². The van der Waals surface area contributed by atoms with E-state index in [1.54, 1.807) is 44.5 Å². The van der Waals surface area contributed by atoms with Crippen molar-refractivity contribution in [2.75, 3.05) is 24.8 Å². The lowest BCUT2D eigenvalue weighted by Crippen LogP contribution is -2.26. The molecule has 0 aliphatic carbocycles. The van der Waals surface area contributed by atoms with Crippen molar-refractivity contribution < 1.29 is 13.9 Å². The van der Waals surface area contributed by atoms with E-state index in [0.717, 1.165) is 11.8 Å². The smallest absolute Gasteiger partial charge is 0.263 e. The average Bonchev–Trinajstić information content (AvgIpc) is 2.69. The first-order valence-electron chi connectivity index (χ1n) is 8.53. The van der Waals surface area contributed by atoms with Crippen LogP contribution in [0.25, 0.3) is 11.0 Å². The Balaban J connectivity index is 1.79. The summed E-state index contributed by atoms with van der Waals surface area (Å²) in [5, 5.41) is 3.42. The zero-order chi connectivity index (χ0) is 20.1. The van der Waals surface area contributed by atoms with Gasteiger partial charge in [0.2, 0.25) is 5.91 Å². The van der Waals surface area contributed by atoms with E-state index in [4.69, 9.17) is 4.74 Å². The van der Waals surface area contributed by atoms with E-state index < -0.39 is 0 Å². The van der Waals surface area contributed by atoms with Gasteiger partial charge in [0.25, 0.3) is 5.56 Å². The van der Waals surface area contributed by atoms with Crippen LogP contribution >= 0.6 is 11.8 Å². The van der Waals surface area contributed by atoms with Gasteiger partial charge in [-0.25, -0.2) is 14.4 Å². The molecule has 146 valence electrons. The SMILES string of the molecule is COCCn1c(SCC(=O)Nc2ccc(C)c(F)c2)nc2ncccc2c1=O. The standard InChI is InChI=1S/C19H19FN4O3S/c1-12-5-6-13(10-15(12)20)22-16(25)11-28-19-23-17-14(4-3-7-21-17)18(26)24(19)8-9-27-2/h3-7,10H,8-9,11H2,1-2H3,(H,22,25). The van der Waals surface area contributed by atoms with Crippen molar-refractivity contribution in [3.8, 4) is 0 Å². The number of amides is 1. The molecule has 2 heterocycles. The first-order chi connectivity index (χ1) is 13.5. The van der Waals surface area contributed by atoms with Gasteiger partial charge >= 0.3 is 0 Å². The van der Waals surface area contributed by atoms with Crippen LogP contribution in [0, 0.1) is 12.7 Å². The third-order valence-electron chi connectivity index (χ3n) is 4.00. The van der Waals surface area contributed by atoms with Gasteiger partial charge in [-0.1, -0.05) is 17.8 Å². The largest absolute Gasteiger partial charge is 0.383 e. The van der Waals surface area contributed by atoms with Crippen LogP contribution in [0.5, 0.6) is 0 Å². The van der Waals surface area contributed by atoms with Gasteiger partial charge in [0.15, 0.2) is 10.8 Å². The number of nitrogens with zero attached hydrogens (tertiary/aromatic N) is 3. The summed E-state index contributed by atoms with van der Waals surface area (Å²) in [7, 11) is 1.54. The van der Waals surface area contributed by atoms with Gasteiger partial charge in [-0.05, 0) is 36.8 Å². The molecule has 0 bridgehead atoms. The molecule has 0 aliphatic heterocycles. The molecule has 3 rings (SSSR count). The summed E-state index contributed by atoms with van der Waals surface area (Å²) in [6, 6.07) is 7.83. The van der Waals surface area contributed by atoms with Crippen LogP contribution in [-0.2, 0) is 16.1 Å². The monoisotopic (exact) mass is 402 g/mol. The van der Waals surface area contributed by atoms with Crippen LogP contribution in [0.3, 0.4) is 0 Å². The van der Waals surface area contributed by atoms with E-state index in [2.05, 4.69) is 15.3 Å². The molecular formula is C19H19FN4O3S. The van der Waals surface area contributed by atoms with E-state index in [1.807, 2.05) is 0 Å². The Bertz CT molecular complexity index is 1070. The van der Waals surface area contributed by atoms with E-state index in [-0.39, 0.29) is 23.0 Å². The summed E-state index contributed by atoms with van der Waals surface area (Å²) in [6.07, 6.45) is 1.56. The second kappa shape index (κ2) is 8.94. The fraction of sp³-hybridized carbons (Fsp3) is 0.263. The number of methoxy groups -OCH3 is 1. The zero-order valence-corrected chi connectivity index (χ0v) is 16.3. The molecule has 7 nitrogen and oxygen atoms in total. The molecule has 3 aromatic rings. The maximum absolute atomic E-state index is 13.6. The molecule has 0 spiro atoms. The maximum Gasteiger partial charge on any atom is 0.263 e. The fourth-order valence-electron chi connectivity index (χ4n) is 2.52. The Hall–Kier alpha value is -2.78. The first kappa shape index (κ1) is 20.0. The summed E-state index contributed by atoms with van der Waals surface area (Å²) in [6.45, 7) is 2.28. The van der Waals surface area contributed by atoms with Crippen LogP contribution < -0.4 is 10.9 Å². The molecule has 0 aliphatic rings. The number of thioether (sulfide) groups is 1. The highest BCUT2D eigenvalue weighted by Crippen LogP contribution is 2.18. The Morgan fingerprint density at radius 2 is 2.18 bits per heavy atom. The van der Waals surface area contributed by atoms with E-state index in [9.17, 15) is 14.0 Å². The normalized spacial score (nSPS) is 11.0. The lowest BCUT2D eigenvalue weighted by molar-refractivity contribution is -0.113. The second-order valence-electron chi connectivity index (χ2n) is 6.02. The van der Waals surface area contributed by atoms with E-state index in [0.29, 0.717) is 40.6 Å². The Morgan fingerprint density at radius 1 is 1.36 bits per heavy atom. The molecule has 1 N–H and O–H groups in total. The highest BCUT2D eigenvalue weighted by Gasteiger charge is 2.14. The summed E-state index contributed by atoms with van der Waals surface area (Å²) in [4.78, 5) is 33.5. The van der Waals surface area contributed by atoms with Gasteiger partial charge < -0.3 is 10.1 Å². The van der Waals surface area contributed by atoms with E-state index in [1.165, 1.54) is 10.6 Å². The molecule has 0 saturated heterocycles. The number of hydrogen-bond donors (Lipinski definition) is 1. The number of fused-ring (bicyclic) bond motifs is 1. The van der Waals surface area contributed by atoms with Crippen LogP contribution in [0.1, 0.15) is 5.56 Å². The predicted octanol–water partition coefficient (Wildman–Crippen LogP) is 2.62. The van der Waals surface area contributed by atoms with Crippen LogP contribution in [-0.4, -0.2) is 39.9 Å². The molecule has 28 heavy (non-hydrogen) atoms. The summed E-state index contributed by atoms with van der Waals surface area (Å²) in [5.41, 5.74) is 0.962. The number of benzene rings is 1. The minimum absolute atomic E-state index is 0.00720. The number of halogens is 1. The molecule has 0 atom stereocenters. The molecule has 2 aromatic heterocycles. The molecule has 9 heteroatoms. The third kappa shape index (κ3) is 4.55. The van der Waals surface area contributed by atoms with Crippen molar-refractivity contribution in [1.82, 2.24) is 14.5 Å². The van der Waals surface area contributed by atoms with E-state index >= 15 is 0 Å². The van der Waals surface area contributed by atoms with Crippen molar-refractivity contribution in [3.63, 3.8) is 0 Å². The molecule has 0 fully saturated rings. The van der Waals surface area contributed by atoms with Crippen LogP contribution in [0.15, 0.2) is 46.5 Å². The van der Waals surface area contributed by atoms with Crippen LogP contribution in [0.2, 0.25) is 0 Å². The number of pyridine rings is 1. The first-order valence-corrected chi connectivity index (χ1v) is 9.51. The molecular weight excluding hydrogens is 383 g/mol. The minimum atomic E-state index is -0.388. The zero-order valence-electron chi connectivity index (χ0n) is 15.4. The van der Waals surface area contributed by atoms with Crippen molar-refractivity contribution in [3.05, 3.63) is 58.3 Å². The summed E-state index contributed by atoms with van der Waals surface area (Å²) < 4.78 is 20.2. The number of hydrogen-bond acceptors (Lipinski definition) is 6. The predicted molar refractivity (Wildman–Crippen MR) is 106 cm³/mol. The molecule has 1 aromatic carbocycles. The van der Waals surface area contributed by atoms with Crippen molar-refractivity contribution in [2.45, 2.75) is 18.6 Å². The van der Waals surface area contributed by atoms with Gasteiger partial charge in [0.1, 0.15) is 5.82 Å². The fourth-order valence-corrected chi connectivity index (χ4v) is 3.34. The Morgan fingerprint density at radius 3 is 2.93 bits per heavy atom. The topological polar surface area (TPSA) is 86.1 Å². The Kier molecular flexibility index (Phi) is 6.37. The lowest BCUT2D eigenvalue weighted by atomic mass is 10.2. The van der Waals surface area contributed by atoms with Gasteiger partial charge in [-0.15, -0.1) is 0 Å². The second-order valence-corrected chi connectivity index (χ2v) is 6.96. The van der Waals surface area contributed by atoms with Crippen LogP contribution in [0.4, 0.5) is 10.1 Å². The highest BCUT2D eigenvalue weighted by atomic mass is 32.2. The number of aromatic nitrogens is 3. The van der Waals surface area contributed by atoms with Gasteiger partial charge in [0, 0.05) is 19.0 Å². The summed E-state index contributed by atoms with van der Waals surface area (Å²) in [5.74, 6) is -0.712. The average molecular weight is 402 g/mol. The number of ether oxygens (including phenoxy) is 1. The third-order valence-corrected chi connectivity index (χ3v) is 4.98. The number of carbonyl (C=O) groups excluding carboxylic acids is 1. The van der Waals surface area contributed by atoms with Gasteiger partial charge in [0.05, 0.1) is 24.3 Å². The van der Waals surface area contributed by atoms with Gasteiger partial charge in [-0.2, -0.15) is 0 Å². The quantitative estimate of drug-likeness (QED) is 0.483. The number of carbonyl (C=O) groups is 1. The lowest BCUT2D eigenvalue weighted by Gasteiger charge is -2.12. The van der Waals surface area contributed by atoms with Crippen molar-refractivity contribution in [1.29, 1.82) is 0 Å². The maximum atomic E-state index is 13.6. The molecule has 0 radical (unpaired) electrons. The van der Waals surface area contributed by atoms with Gasteiger partial charge in [-0.3, -0.25) is 14.2 Å². The molecule has 0 unspecified atom stereocenters. The number of aryl methyl sites for hydroxylation is 1. The molecule has 1 amide bonds. The number of rotatable bonds is 7.